The van der Waals surface area contributed by atoms with E-state index in [1.165, 1.54) is 11.1 Å². The Balaban J connectivity index is 1.75. The summed E-state index contributed by atoms with van der Waals surface area (Å²) in [5.74, 6) is -1.01. The highest BCUT2D eigenvalue weighted by molar-refractivity contribution is 6.32. The molecule has 8 nitrogen and oxygen atoms in total. The summed E-state index contributed by atoms with van der Waals surface area (Å²) in [7, 11) is 0. The van der Waals surface area contributed by atoms with Gasteiger partial charge in [-0.05, 0) is 49.4 Å². The maximum absolute atomic E-state index is 13.5. The summed E-state index contributed by atoms with van der Waals surface area (Å²) in [5, 5.41) is 16.7. The Morgan fingerprint density at radius 1 is 0.714 bits per heavy atom. The fourth-order valence-corrected chi connectivity index (χ4v) is 3.93. The zero-order valence-corrected chi connectivity index (χ0v) is 18.7. The quantitative estimate of drug-likeness (QED) is 0.468. The van der Waals surface area contributed by atoms with Crippen LogP contribution in [-0.4, -0.2) is 25.9 Å². The number of anilines is 1. The monoisotopic (exact) mass is 464 g/mol. The standard InChI is InChI=1S/C27H20N4O4/c1-18-22(26(34)31(28-18)21-15-9-4-10-16-21)17-23-24(32)29(19-11-5-2-6-12-19)27(35)30(25(23)33)20-13-7-3-8-14-20/h2-17,32H,1H3/b22-17-. The summed E-state index contributed by atoms with van der Waals surface area (Å²) in [6.45, 7) is 1.65. The summed E-state index contributed by atoms with van der Waals surface area (Å²) in [6.07, 6.45) is 1.29. The van der Waals surface area contributed by atoms with Crippen molar-refractivity contribution < 1.29 is 9.90 Å². The molecule has 2 heterocycles. The Labute approximate surface area is 199 Å². The summed E-state index contributed by atoms with van der Waals surface area (Å²) in [6, 6.07) is 25.8. The zero-order valence-electron chi connectivity index (χ0n) is 18.7. The third kappa shape index (κ3) is 3.76. The van der Waals surface area contributed by atoms with Gasteiger partial charge in [-0.2, -0.15) is 10.1 Å². The number of nitrogens with zero attached hydrogens (tertiary/aromatic N) is 4. The van der Waals surface area contributed by atoms with Crippen LogP contribution in [0, 0.1) is 0 Å². The molecule has 1 aliphatic heterocycles. The van der Waals surface area contributed by atoms with Gasteiger partial charge in [0.25, 0.3) is 11.5 Å². The van der Waals surface area contributed by atoms with E-state index >= 15 is 0 Å². The lowest BCUT2D eigenvalue weighted by Crippen LogP contribution is -2.39. The smallest absolute Gasteiger partial charge is 0.343 e. The Morgan fingerprint density at radius 2 is 1.20 bits per heavy atom. The average Bonchev–Trinajstić information content (AvgIpc) is 3.16. The summed E-state index contributed by atoms with van der Waals surface area (Å²) in [5.41, 5.74) is 0.0959. The number of rotatable bonds is 4. The van der Waals surface area contributed by atoms with Crippen LogP contribution in [0.15, 0.2) is 111 Å². The molecule has 172 valence electrons. The second kappa shape index (κ2) is 8.75. The number of para-hydroxylation sites is 3. The summed E-state index contributed by atoms with van der Waals surface area (Å²) >= 11 is 0. The Kier molecular flexibility index (Phi) is 5.46. The Morgan fingerprint density at radius 3 is 1.74 bits per heavy atom. The van der Waals surface area contributed by atoms with Crippen molar-refractivity contribution in [3.8, 4) is 17.3 Å². The molecule has 1 aromatic heterocycles. The molecule has 0 spiro atoms. The highest BCUT2D eigenvalue weighted by Gasteiger charge is 2.30. The van der Waals surface area contributed by atoms with Crippen molar-refractivity contribution in [2.24, 2.45) is 5.10 Å². The van der Waals surface area contributed by atoms with E-state index in [0.29, 0.717) is 22.8 Å². The fourth-order valence-electron chi connectivity index (χ4n) is 3.93. The van der Waals surface area contributed by atoms with E-state index in [4.69, 9.17) is 0 Å². The van der Waals surface area contributed by atoms with Crippen molar-refractivity contribution >= 4 is 23.4 Å². The molecule has 8 heteroatoms. The highest BCUT2D eigenvalue weighted by atomic mass is 16.3. The van der Waals surface area contributed by atoms with Crippen molar-refractivity contribution in [2.75, 3.05) is 5.01 Å². The van der Waals surface area contributed by atoms with Crippen molar-refractivity contribution in [2.45, 2.75) is 6.92 Å². The van der Waals surface area contributed by atoms with Gasteiger partial charge in [0.2, 0.25) is 5.88 Å². The van der Waals surface area contributed by atoms with E-state index < -0.39 is 23.0 Å². The molecule has 0 unspecified atom stereocenters. The van der Waals surface area contributed by atoms with Crippen molar-refractivity contribution in [3.63, 3.8) is 0 Å². The van der Waals surface area contributed by atoms with Gasteiger partial charge in [0.05, 0.1) is 28.3 Å². The lowest BCUT2D eigenvalue weighted by atomic mass is 10.1. The molecule has 1 amide bonds. The number of hydrogen-bond acceptors (Lipinski definition) is 5. The molecule has 1 N–H and O–H groups in total. The van der Waals surface area contributed by atoms with Crippen LogP contribution in [0.3, 0.4) is 0 Å². The molecule has 3 aromatic carbocycles. The van der Waals surface area contributed by atoms with E-state index in [-0.39, 0.29) is 11.1 Å². The fraction of sp³-hybridized carbons (Fsp3) is 0.0370. The number of hydrazone groups is 1. The van der Waals surface area contributed by atoms with Gasteiger partial charge in [-0.1, -0.05) is 54.6 Å². The van der Waals surface area contributed by atoms with Crippen LogP contribution in [0.25, 0.3) is 17.5 Å². The molecule has 0 saturated carbocycles. The van der Waals surface area contributed by atoms with Gasteiger partial charge in [0.15, 0.2) is 0 Å². The average molecular weight is 464 g/mol. The van der Waals surface area contributed by atoms with Gasteiger partial charge in [-0.25, -0.2) is 13.9 Å². The molecule has 0 radical (unpaired) electrons. The molecule has 4 aromatic rings. The van der Waals surface area contributed by atoms with Crippen LogP contribution in [0.1, 0.15) is 12.5 Å². The second-order valence-corrected chi connectivity index (χ2v) is 7.86. The SMILES string of the molecule is CC1=NN(c2ccccc2)C(=O)/C1=C\c1c(O)n(-c2ccccc2)c(=O)n(-c2ccccc2)c1=O. The van der Waals surface area contributed by atoms with E-state index in [2.05, 4.69) is 5.10 Å². The number of aromatic hydroxyl groups is 1. The number of amides is 1. The van der Waals surface area contributed by atoms with Crippen LogP contribution in [0.4, 0.5) is 5.69 Å². The van der Waals surface area contributed by atoms with Crippen molar-refractivity contribution in [3.05, 3.63) is 123 Å². The zero-order chi connectivity index (χ0) is 24.5. The molecule has 0 bridgehead atoms. The minimum atomic E-state index is -0.753. The first-order chi connectivity index (χ1) is 17.0. The van der Waals surface area contributed by atoms with Crippen LogP contribution in [0.2, 0.25) is 0 Å². The van der Waals surface area contributed by atoms with Crippen LogP contribution < -0.4 is 16.3 Å². The largest absolute Gasteiger partial charge is 0.494 e. The number of aromatic nitrogens is 2. The molecule has 0 aliphatic carbocycles. The summed E-state index contributed by atoms with van der Waals surface area (Å²) in [4.78, 5) is 40.1. The molecule has 0 atom stereocenters. The number of carbonyl (C=O) groups excluding carboxylic acids is 1. The van der Waals surface area contributed by atoms with Crippen LogP contribution in [-0.2, 0) is 4.79 Å². The predicted octanol–water partition coefficient (Wildman–Crippen LogP) is 3.50. The maximum atomic E-state index is 13.5. The predicted molar refractivity (Wildman–Crippen MR) is 134 cm³/mol. The van der Waals surface area contributed by atoms with Gasteiger partial charge in [-0.3, -0.25) is 9.59 Å². The first-order valence-electron chi connectivity index (χ1n) is 10.9. The highest BCUT2D eigenvalue weighted by Crippen LogP contribution is 2.26. The summed E-state index contributed by atoms with van der Waals surface area (Å²) < 4.78 is 2.02. The molecular formula is C27H20N4O4. The lowest BCUT2D eigenvalue weighted by molar-refractivity contribution is -0.114. The van der Waals surface area contributed by atoms with Gasteiger partial charge >= 0.3 is 5.69 Å². The van der Waals surface area contributed by atoms with E-state index in [0.717, 1.165) is 9.13 Å². The van der Waals surface area contributed by atoms with Gasteiger partial charge in [-0.15, -0.1) is 0 Å². The first kappa shape index (κ1) is 21.8. The van der Waals surface area contributed by atoms with E-state index in [1.807, 2.05) is 6.07 Å². The van der Waals surface area contributed by atoms with E-state index in [1.54, 1.807) is 91.9 Å². The lowest BCUT2D eigenvalue weighted by Gasteiger charge is -2.15. The molecular weight excluding hydrogens is 444 g/mol. The van der Waals surface area contributed by atoms with Crippen LogP contribution >= 0.6 is 0 Å². The normalized spacial score (nSPS) is 14.4. The minimum Gasteiger partial charge on any atom is -0.494 e. The van der Waals surface area contributed by atoms with Crippen molar-refractivity contribution in [1.82, 2.24) is 9.13 Å². The van der Waals surface area contributed by atoms with Crippen LogP contribution in [0.5, 0.6) is 5.88 Å². The Bertz CT molecular complexity index is 1600. The number of benzene rings is 3. The molecule has 0 fully saturated rings. The second-order valence-electron chi connectivity index (χ2n) is 7.86. The topological polar surface area (TPSA) is 96.9 Å². The molecule has 5 rings (SSSR count). The number of carbonyl (C=O) groups is 1. The van der Waals surface area contributed by atoms with Gasteiger partial charge < -0.3 is 5.11 Å². The van der Waals surface area contributed by atoms with E-state index in [9.17, 15) is 19.5 Å². The maximum Gasteiger partial charge on any atom is 0.343 e. The third-order valence-corrected chi connectivity index (χ3v) is 5.65. The third-order valence-electron chi connectivity index (χ3n) is 5.65. The van der Waals surface area contributed by atoms with Gasteiger partial charge in [0, 0.05) is 0 Å². The van der Waals surface area contributed by atoms with Crippen molar-refractivity contribution in [1.29, 1.82) is 0 Å². The first-order valence-corrected chi connectivity index (χ1v) is 10.9. The number of hydrogen-bond donors (Lipinski definition) is 1. The molecule has 1 aliphatic rings. The Hall–Kier alpha value is -4.98. The molecule has 0 saturated heterocycles. The van der Waals surface area contributed by atoms with Gasteiger partial charge in [0.1, 0.15) is 5.56 Å². The minimum absolute atomic E-state index is 0.138. The molecule has 35 heavy (non-hydrogen) atoms.